The lowest BCUT2D eigenvalue weighted by Gasteiger charge is -2.13. The largest absolute Gasteiger partial charge is 0.380 e. The molecular weight excluding hydrogens is 156 g/mol. The zero-order chi connectivity index (χ0) is 8.97. The van der Waals surface area contributed by atoms with E-state index in [0.29, 0.717) is 12.6 Å². The van der Waals surface area contributed by atoms with Crippen LogP contribution in [0.3, 0.4) is 0 Å². The van der Waals surface area contributed by atoms with Crippen molar-refractivity contribution in [3.05, 3.63) is 0 Å². The Morgan fingerprint density at radius 3 is 3.00 bits per heavy atom. The van der Waals surface area contributed by atoms with Crippen molar-refractivity contribution in [3.8, 4) is 0 Å². The van der Waals surface area contributed by atoms with Crippen LogP contribution in [0.4, 0.5) is 0 Å². The molecule has 1 fully saturated rings. The smallest absolute Gasteiger partial charge is 0.233 e. The Balaban J connectivity index is 2.23. The van der Waals surface area contributed by atoms with Crippen LogP contribution < -0.4 is 5.32 Å². The number of likely N-dealkylation sites (N-methyl/N-ethyl adjacent to an activating group) is 1. The minimum Gasteiger partial charge on any atom is -0.380 e. The Morgan fingerprint density at radius 1 is 1.75 bits per heavy atom. The van der Waals surface area contributed by atoms with Crippen LogP contribution >= 0.6 is 0 Å². The van der Waals surface area contributed by atoms with Gasteiger partial charge < -0.3 is 10.1 Å². The topological polar surface area (TPSA) is 41.6 Å². The van der Waals surface area contributed by atoms with Crippen molar-refractivity contribution in [1.29, 1.82) is 0 Å². The van der Waals surface area contributed by atoms with Gasteiger partial charge in [-0.15, -0.1) is 0 Å². The SMILES string of the molecule is CNC(=O)CN1CC[C@H](OC)C1. The van der Waals surface area contributed by atoms with Crippen molar-refractivity contribution in [2.45, 2.75) is 12.5 Å². The van der Waals surface area contributed by atoms with Crippen LogP contribution in [0.15, 0.2) is 0 Å². The highest BCUT2D eigenvalue weighted by Gasteiger charge is 2.22. The molecule has 1 aliphatic heterocycles. The fourth-order valence-electron chi connectivity index (χ4n) is 1.42. The summed E-state index contributed by atoms with van der Waals surface area (Å²) in [7, 11) is 3.38. The molecule has 1 saturated heterocycles. The Labute approximate surface area is 72.9 Å². The number of nitrogens with one attached hydrogen (secondary N) is 1. The molecule has 1 amide bonds. The summed E-state index contributed by atoms with van der Waals surface area (Å²) in [6.45, 7) is 2.34. The number of amides is 1. The molecule has 0 aromatic heterocycles. The molecule has 0 aliphatic carbocycles. The Kier molecular flexibility index (Phi) is 3.49. The second kappa shape index (κ2) is 4.42. The molecule has 1 N–H and O–H groups in total. The van der Waals surface area contributed by atoms with Gasteiger partial charge in [0.15, 0.2) is 0 Å². The predicted octanol–water partition coefficient (Wildman–Crippen LogP) is -0.547. The number of rotatable bonds is 3. The van der Waals surface area contributed by atoms with Crippen molar-refractivity contribution in [2.24, 2.45) is 0 Å². The van der Waals surface area contributed by atoms with Gasteiger partial charge in [0.25, 0.3) is 0 Å². The maximum absolute atomic E-state index is 11.0. The summed E-state index contributed by atoms with van der Waals surface area (Å²) < 4.78 is 5.18. The second-order valence-corrected chi connectivity index (χ2v) is 3.05. The zero-order valence-corrected chi connectivity index (χ0v) is 7.67. The number of methoxy groups -OCH3 is 1. The highest BCUT2D eigenvalue weighted by Crippen LogP contribution is 2.10. The Morgan fingerprint density at radius 2 is 2.50 bits per heavy atom. The van der Waals surface area contributed by atoms with Gasteiger partial charge in [-0.25, -0.2) is 0 Å². The van der Waals surface area contributed by atoms with Gasteiger partial charge in [-0.2, -0.15) is 0 Å². The molecule has 0 aromatic carbocycles. The van der Waals surface area contributed by atoms with Crippen LogP contribution in [0.2, 0.25) is 0 Å². The summed E-state index contributed by atoms with van der Waals surface area (Å²) in [5.41, 5.74) is 0. The summed E-state index contributed by atoms with van der Waals surface area (Å²) in [4.78, 5) is 13.1. The normalized spacial score (nSPS) is 24.3. The number of carbonyl (C=O) groups is 1. The molecule has 0 aromatic rings. The van der Waals surface area contributed by atoms with Gasteiger partial charge in [0, 0.05) is 27.2 Å². The van der Waals surface area contributed by atoms with E-state index < -0.39 is 0 Å². The van der Waals surface area contributed by atoms with Gasteiger partial charge in [0.05, 0.1) is 12.6 Å². The summed E-state index contributed by atoms with van der Waals surface area (Å²) in [5, 5.41) is 2.60. The molecular formula is C8H16N2O2. The number of ether oxygens (including phenoxy) is 1. The number of hydrogen-bond acceptors (Lipinski definition) is 3. The molecule has 0 saturated carbocycles. The van der Waals surface area contributed by atoms with Gasteiger partial charge >= 0.3 is 0 Å². The molecule has 0 bridgehead atoms. The van der Waals surface area contributed by atoms with Gasteiger partial charge in [0.2, 0.25) is 5.91 Å². The van der Waals surface area contributed by atoms with Crippen molar-refractivity contribution in [1.82, 2.24) is 10.2 Å². The van der Waals surface area contributed by atoms with Crippen LogP contribution in [-0.2, 0) is 9.53 Å². The molecule has 0 radical (unpaired) electrons. The molecule has 0 unspecified atom stereocenters. The van der Waals surface area contributed by atoms with Crippen LogP contribution in [0.25, 0.3) is 0 Å². The standard InChI is InChI=1S/C8H16N2O2/c1-9-8(11)6-10-4-3-7(5-10)12-2/h7H,3-6H2,1-2H3,(H,9,11)/t7-/m0/s1. The zero-order valence-electron chi connectivity index (χ0n) is 7.67. The summed E-state index contributed by atoms with van der Waals surface area (Å²) >= 11 is 0. The summed E-state index contributed by atoms with van der Waals surface area (Å²) in [6, 6.07) is 0. The van der Waals surface area contributed by atoms with E-state index in [-0.39, 0.29) is 5.91 Å². The Hall–Kier alpha value is -0.610. The minimum atomic E-state index is 0.0757. The first-order chi connectivity index (χ1) is 5.76. The molecule has 4 nitrogen and oxygen atoms in total. The van der Waals surface area contributed by atoms with Gasteiger partial charge in [-0.3, -0.25) is 9.69 Å². The van der Waals surface area contributed by atoms with E-state index in [9.17, 15) is 4.79 Å². The number of likely N-dealkylation sites (tertiary alicyclic amines) is 1. The molecule has 1 heterocycles. The molecule has 1 rings (SSSR count). The van der Waals surface area contributed by atoms with E-state index in [1.807, 2.05) is 0 Å². The van der Waals surface area contributed by atoms with E-state index in [4.69, 9.17) is 4.74 Å². The molecule has 1 aliphatic rings. The first kappa shape index (κ1) is 9.48. The van der Waals surface area contributed by atoms with E-state index in [2.05, 4.69) is 10.2 Å². The van der Waals surface area contributed by atoms with E-state index in [1.54, 1.807) is 14.2 Å². The highest BCUT2D eigenvalue weighted by atomic mass is 16.5. The van der Waals surface area contributed by atoms with Crippen LogP contribution in [-0.4, -0.2) is 50.7 Å². The summed E-state index contributed by atoms with van der Waals surface area (Å²) in [5.74, 6) is 0.0757. The molecule has 1 atom stereocenters. The monoisotopic (exact) mass is 172 g/mol. The lowest BCUT2D eigenvalue weighted by Crippen LogP contribution is -2.34. The molecule has 0 spiro atoms. The number of nitrogens with zero attached hydrogens (tertiary/aromatic N) is 1. The second-order valence-electron chi connectivity index (χ2n) is 3.05. The van der Waals surface area contributed by atoms with Crippen LogP contribution in [0.1, 0.15) is 6.42 Å². The first-order valence-electron chi connectivity index (χ1n) is 4.22. The third-order valence-electron chi connectivity index (χ3n) is 2.21. The fraction of sp³-hybridized carbons (Fsp3) is 0.875. The van der Waals surface area contributed by atoms with E-state index in [0.717, 1.165) is 19.5 Å². The average molecular weight is 172 g/mol. The molecule has 12 heavy (non-hydrogen) atoms. The van der Waals surface area contributed by atoms with E-state index in [1.165, 1.54) is 0 Å². The third-order valence-corrected chi connectivity index (χ3v) is 2.21. The lowest BCUT2D eigenvalue weighted by atomic mass is 10.3. The van der Waals surface area contributed by atoms with E-state index >= 15 is 0 Å². The van der Waals surface area contributed by atoms with Gasteiger partial charge in [0.1, 0.15) is 0 Å². The first-order valence-corrected chi connectivity index (χ1v) is 4.22. The number of carbonyl (C=O) groups excluding carboxylic acids is 1. The third kappa shape index (κ3) is 2.46. The van der Waals surface area contributed by atoms with Gasteiger partial charge in [-0.1, -0.05) is 0 Å². The minimum absolute atomic E-state index is 0.0757. The van der Waals surface area contributed by atoms with Crippen molar-refractivity contribution in [3.63, 3.8) is 0 Å². The summed E-state index contributed by atoms with van der Waals surface area (Å²) in [6.07, 6.45) is 1.35. The molecule has 4 heteroatoms. The van der Waals surface area contributed by atoms with Gasteiger partial charge in [-0.05, 0) is 6.42 Å². The van der Waals surface area contributed by atoms with Crippen LogP contribution in [0.5, 0.6) is 0 Å². The maximum Gasteiger partial charge on any atom is 0.233 e. The fourth-order valence-corrected chi connectivity index (χ4v) is 1.42. The number of hydrogen-bond donors (Lipinski definition) is 1. The lowest BCUT2D eigenvalue weighted by molar-refractivity contribution is -0.121. The van der Waals surface area contributed by atoms with Crippen molar-refractivity contribution in [2.75, 3.05) is 33.8 Å². The Bertz CT molecular complexity index is 161. The quantitative estimate of drug-likeness (QED) is 0.621. The van der Waals surface area contributed by atoms with Crippen LogP contribution in [0, 0.1) is 0 Å². The molecule has 70 valence electrons. The highest BCUT2D eigenvalue weighted by molar-refractivity contribution is 5.77. The van der Waals surface area contributed by atoms with Crippen molar-refractivity contribution < 1.29 is 9.53 Å². The maximum atomic E-state index is 11.0. The predicted molar refractivity (Wildman–Crippen MR) is 45.9 cm³/mol. The average Bonchev–Trinajstić information content (AvgIpc) is 2.52. The van der Waals surface area contributed by atoms with Crippen molar-refractivity contribution >= 4 is 5.91 Å².